The number of ether oxygens (including phenoxy) is 2. The van der Waals surface area contributed by atoms with Gasteiger partial charge in [-0.3, -0.25) is 9.59 Å². The predicted octanol–water partition coefficient (Wildman–Crippen LogP) is 0.945. The number of hydrogen-bond donors (Lipinski definition) is 0. The Morgan fingerprint density at radius 2 is 2.19 bits per heavy atom. The summed E-state index contributed by atoms with van der Waals surface area (Å²) in [6.45, 7) is 4.06. The minimum absolute atomic E-state index is 0.153. The van der Waals surface area contributed by atoms with Crippen LogP contribution in [0.15, 0.2) is 12.2 Å². The normalized spacial score (nSPS) is 35.7. The van der Waals surface area contributed by atoms with Gasteiger partial charge in [-0.15, -0.1) is 0 Å². The monoisotopic (exact) mass is 293 g/mol. The van der Waals surface area contributed by atoms with E-state index in [0.29, 0.717) is 19.3 Å². The third-order valence-corrected chi connectivity index (χ3v) is 4.75. The molecule has 0 radical (unpaired) electrons. The molecule has 0 aliphatic carbocycles. The Morgan fingerprint density at radius 3 is 2.81 bits per heavy atom. The number of piperidine rings is 2. The number of methoxy groups -OCH3 is 1. The molecule has 114 valence electrons. The molecular weight excluding hydrogens is 274 g/mol. The van der Waals surface area contributed by atoms with E-state index in [1.165, 1.54) is 7.11 Å². The number of rotatable bonds is 1. The van der Waals surface area contributed by atoms with Gasteiger partial charge in [0.1, 0.15) is 6.04 Å². The summed E-state index contributed by atoms with van der Waals surface area (Å²) in [4.78, 5) is 37.9. The number of esters is 2. The van der Waals surface area contributed by atoms with Crippen molar-refractivity contribution in [3.05, 3.63) is 12.2 Å². The smallest absolute Gasteiger partial charge is 0.328 e. The molecular formula is C15H19NO5. The number of hydrogen-bond acceptors (Lipinski definition) is 5. The third kappa shape index (κ3) is 2.04. The fraction of sp³-hybridized carbons (Fsp3) is 0.667. The van der Waals surface area contributed by atoms with Crippen molar-refractivity contribution in [3.8, 4) is 0 Å². The first-order chi connectivity index (χ1) is 9.98. The van der Waals surface area contributed by atoms with Gasteiger partial charge in [0.25, 0.3) is 5.91 Å². The molecule has 3 fully saturated rings. The first-order valence-corrected chi connectivity index (χ1v) is 7.28. The van der Waals surface area contributed by atoms with Crippen LogP contribution in [0.25, 0.3) is 0 Å². The van der Waals surface area contributed by atoms with Gasteiger partial charge in [-0.1, -0.05) is 12.2 Å². The van der Waals surface area contributed by atoms with Crippen LogP contribution < -0.4 is 0 Å². The summed E-state index contributed by atoms with van der Waals surface area (Å²) in [5.74, 6) is -1.04. The first kappa shape index (κ1) is 14.1. The van der Waals surface area contributed by atoms with Crippen LogP contribution in [0.3, 0.4) is 0 Å². The highest BCUT2D eigenvalue weighted by atomic mass is 16.6. The fourth-order valence-electron chi connectivity index (χ4n) is 3.75. The highest BCUT2D eigenvalue weighted by Crippen LogP contribution is 2.44. The Balaban J connectivity index is 1.96. The van der Waals surface area contributed by atoms with E-state index < -0.39 is 17.6 Å². The van der Waals surface area contributed by atoms with E-state index in [9.17, 15) is 14.4 Å². The van der Waals surface area contributed by atoms with E-state index in [-0.39, 0.29) is 24.3 Å². The highest BCUT2D eigenvalue weighted by Gasteiger charge is 2.57. The zero-order chi connectivity index (χ0) is 15.2. The van der Waals surface area contributed by atoms with Crippen LogP contribution in [0.4, 0.5) is 0 Å². The van der Waals surface area contributed by atoms with Crippen LogP contribution in [0.5, 0.6) is 0 Å². The van der Waals surface area contributed by atoms with Crippen molar-refractivity contribution < 1.29 is 23.9 Å². The zero-order valence-corrected chi connectivity index (χ0v) is 12.1. The second kappa shape index (κ2) is 4.86. The van der Waals surface area contributed by atoms with Crippen LogP contribution in [0, 0.1) is 0 Å². The molecule has 0 bridgehead atoms. The Morgan fingerprint density at radius 1 is 1.43 bits per heavy atom. The van der Waals surface area contributed by atoms with Crippen LogP contribution in [0.2, 0.25) is 0 Å². The molecule has 3 aliphatic heterocycles. The SMILES string of the molecule is C=C1CC2(CCC(=O)O2)C(=O)N2C1CCCC2C(=O)OC. The van der Waals surface area contributed by atoms with Crippen molar-refractivity contribution in [2.75, 3.05) is 7.11 Å². The van der Waals surface area contributed by atoms with E-state index in [4.69, 9.17) is 9.47 Å². The van der Waals surface area contributed by atoms with Gasteiger partial charge < -0.3 is 14.4 Å². The number of nitrogens with zero attached hydrogens (tertiary/aromatic N) is 1. The van der Waals surface area contributed by atoms with Gasteiger partial charge in [0.2, 0.25) is 0 Å². The molecule has 3 rings (SSSR count). The van der Waals surface area contributed by atoms with Gasteiger partial charge in [0, 0.05) is 19.3 Å². The summed E-state index contributed by atoms with van der Waals surface area (Å²) in [6, 6.07) is -0.755. The Bertz CT molecular complexity index is 528. The molecule has 0 aromatic carbocycles. The van der Waals surface area contributed by atoms with Gasteiger partial charge >= 0.3 is 11.9 Å². The lowest BCUT2D eigenvalue weighted by atomic mass is 9.77. The molecule has 0 N–H and O–H groups in total. The minimum Gasteiger partial charge on any atom is -0.467 e. The second-order valence-electron chi connectivity index (χ2n) is 6.00. The van der Waals surface area contributed by atoms with E-state index in [1.54, 1.807) is 4.90 Å². The summed E-state index contributed by atoms with van der Waals surface area (Å²) in [6.07, 6.45) is 3.18. The van der Waals surface area contributed by atoms with Gasteiger partial charge in [-0.25, -0.2) is 4.79 Å². The van der Waals surface area contributed by atoms with Gasteiger partial charge in [-0.2, -0.15) is 0 Å². The number of amides is 1. The van der Waals surface area contributed by atoms with E-state index >= 15 is 0 Å². The molecule has 6 heteroatoms. The molecule has 3 aliphatic rings. The van der Waals surface area contributed by atoms with Crippen molar-refractivity contribution in [2.24, 2.45) is 0 Å². The van der Waals surface area contributed by atoms with Crippen LogP contribution in [-0.2, 0) is 23.9 Å². The second-order valence-corrected chi connectivity index (χ2v) is 6.00. The van der Waals surface area contributed by atoms with Gasteiger partial charge in [0.05, 0.1) is 13.2 Å². The summed E-state index contributed by atoms with van der Waals surface area (Å²) in [5, 5.41) is 0. The van der Waals surface area contributed by atoms with Crippen LogP contribution in [-0.4, -0.2) is 47.5 Å². The molecule has 3 unspecified atom stereocenters. The van der Waals surface area contributed by atoms with Crippen molar-refractivity contribution in [3.63, 3.8) is 0 Å². The lowest BCUT2D eigenvalue weighted by Crippen LogP contribution is -2.64. The molecule has 3 heterocycles. The maximum atomic E-state index is 12.9. The third-order valence-electron chi connectivity index (χ3n) is 4.75. The van der Waals surface area contributed by atoms with Gasteiger partial charge in [0.15, 0.2) is 5.60 Å². The first-order valence-electron chi connectivity index (χ1n) is 7.28. The molecule has 21 heavy (non-hydrogen) atoms. The molecule has 0 saturated carbocycles. The molecule has 0 aromatic rings. The fourth-order valence-corrected chi connectivity index (χ4v) is 3.75. The number of carbonyl (C=O) groups is 3. The maximum Gasteiger partial charge on any atom is 0.328 e. The number of carbonyl (C=O) groups excluding carboxylic acids is 3. The number of fused-ring (bicyclic) bond motifs is 1. The Hall–Kier alpha value is -1.85. The van der Waals surface area contributed by atoms with E-state index in [2.05, 4.69) is 6.58 Å². The van der Waals surface area contributed by atoms with E-state index in [0.717, 1.165) is 18.4 Å². The summed E-state index contributed by atoms with van der Waals surface area (Å²) in [7, 11) is 1.32. The summed E-state index contributed by atoms with van der Waals surface area (Å²) < 4.78 is 10.2. The molecule has 0 aromatic heterocycles. The molecule has 3 atom stereocenters. The van der Waals surface area contributed by atoms with Crippen molar-refractivity contribution >= 4 is 17.8 Å². The Kier molecular flexibility index (Phi) is 3.26. The quantitative estimate of drug-likeness (QED) is 0.531. The lowest BCUT2D eigenvalue weighted by molar-refractivity contribution is -0.177. The van der Waals surface area contributed by atoms with Crippen molar-refractivity contribution in [1.82, 2.24) is 4.90 Å². The molecule has 1 spiro atoms. The standard InChI is InChI=1S/C15H19NO5/c1-9-8-15(7-6-12(17)21-15)14(19)16-10(9)4-3-5-11(16)13(18)20-2/h10-11H,1,3-8H2,2H3. The van der Waals surface area contributed by atoms with Gasteiger partial charge in [-0.05, 0) is 19.3 Å². The van der Waals surface area contributed by atoms with Crippen LogP contribution in [0.1, 0.15) is 38.5 Å². The molecule has 6 nitrogen and oxygen atoms in total. The average molecular weight is 293 g/mol. The highest BCUT2D eigenvalue weighted by molar-refractivity contribution is 5.95. The Labute approximate surface area is 123 Å². The topological polar surface area (TPSA) is 72.9 Å². The summed E-state index contributed by atoms with van der Waals surface area (Å²) in [5.41, 5.74) is -0.285. The zero-order valence-electron chi connectivity index (χ0n) is 12.1. The minimum atomic E-state index is -1.14. The average Bonchev–Trinajstić information content (AvgIpc) is 2.85. The maximum absolute atomic E-state index is 12.9. The lowest BCUT2D eigenvalue weighted by Gasteiger charge is -2.49. The van der Waals surface area contributed by atoms with Crippen LogP contribution >= 0.6 is 0 Å². The van der Waals surface area contributed by atoms with Crippen molar-refractivity contribution in [2.45, 2.75) is 56.2 Å². The summed E-state index contributed by atoms with van der Waals surface area (Å²) >= 11 is 0. The molecule has 1 amide bonds. The molecule has 3 saturated heterocycles. The predicted molar refractivity (Wildman–Crippen MR) is 72.1 cm³/mol. The largest absolute Gasteiger partial charge is 0.467 e. The van der Waals surface area contributed by atoms with E-state index in [1.807, 2.05) is 0 Å². The van der Waals surface area contributed by atoms with Crippen molar-refractivity contribution in [1.29, 1.82) is 0 Å².